The summed E-state index contributed by atoms with van der Waals surface area (Å²) in [6.45, 7) is 0.294. The van der Waals surface area contributed by atoms with Gasteiger partial charge in [0.15, 0.2) is 6.61 Å². The van der Waals surface area contributed by atoms with Gasteiger partial charge in [-0.15, -0.1) is 0 Å². The Hall–Kier alpha value is -4.81. The highest BCUT2D eigenvalue weighted by atomic mass is 32.2. The number of rotatable bonds is 15. The zero-order valence-corrected chi connectivity index (χ0v) is 25.3. The van der Waals surface area contributed by atoms with E-state index in [2.05, 4.69) is 10.0 Å². The van der Waals surface area contributed by atoms with E-state index in [1.54, 1.807) is 37.4 Å². The number of amides is 2. The molecule has 0 fully saturated rings. The van der Waals surface area contributed by atoms with E-state index in [1.165, 1.54) is 65.6 Å². The molecule has 1 unspecified atom stereocenters. The van der Waals surface area contributed by atoms with Crippen LogP contribution in [0.3, 0.4) is 0 Å². The molecule has 45 heavy (non-hydrogen) atoms. The van der Waals surface area contributed by atoms with Crippen molar-refractivity contribution in [1.82, 2.24) is 10.2 Å². The number of carbonyl (C=O) groups is 2. The minimum atomic E-state index is -3.97. The summed E-state index contributed by atoms with van der Waals surface area (Å²) in [6, 6.07) is 23.7. The third-order valence-corrected chi connectivity index (χ3v) is 8.08. The van der Waals surface area contributed by atoms with Crippen molar-refractivity contribution in [3.05, 3.63) is 126 Å². The number of carbonyl (C=O) groups excluding carboxylic acids is 2. The van der Waals surface area contributed by atoms with Gasteiger partial charge in [-0.25, -0.2) is 17.2 Å². The van der Waals surface area contributed by atoms with Crippen LogP contribution in [0.4, 0.5) is 14.5 Å². The van der Waals surface area contributed by atoms with Crippen molar-refractivity contribution in [3.63, 3.8) is 0 Å². The van der Waals surface area contributed by atoms with E-state index >= 15 is 0 Å². The molecule has 0 aliphatic rings. The summed E-state index contributed by atoms with van der Waals surface area (Å²) in [5.74, 6) is -1.66. The molecule has 0 aliphatic carbocycles. The Morgan fingerprint density at radius 1 is 0.844 bits per heavy atom. The number of nitrogens with zero attached hydrogens (tertiary/aromatic N) is 1. The average Bonchev–Trinajstić information content (AvgIpc) is 3.04. The van der Waals surface area contributed by atoms with Gasteiger partial charge in [0.05, 0.1) is 4.90 Å². The van der Waals surface area contributed by atoms with Crippen LogP contribution in [0.1, 0.15) is 23.6 Å². The van der Waals surface area contributed by atoms with E-state index in [4.69, 9.17) is 9.47 Å². The number of hydrogen-bond acceptors (Lipinski definition) is 6. The number of nitrogens with one attached hydrogen (secondary N) is 2. The molecule has 236 valence electrons. The third-order valence-electron chi connectivity index (χ3n) is 6.68. The fourth-order valence-corrected chi connectivity index (χ4v) is 5.48. The Balaban J connectivity index is 1.53. The molecular formula is C33H33F2N3O6S. The summed E-state index contributed by atoms with van der Waals surface area (Å²) in [4.78, 5) is 28.5. The minimum Gasteiger partial charge on any atom is -0.484 e. The quantitative estimate of drug-likeness (QED) is 0.176. The second-order valence-electron chi connectivity index (χ2n) is 9.97. The maximum Gasteiger partial charge on any atom is 0.261 e. The zero-order valence-electron chi connectivity index (χ0n) is 24.5. The van der Waals surface area contributed by atoms with Crippen LogP contribution >= 0.6 is 0 Å². The summed E-state index contributed by atoms with van der Waals surface area (Å²) in [7, 11) is -2.41. The number of ether oxygens (including phenoxy) is 2. The predicted molar refractivity (Wildman–Crippen MR) is 165 cm³/mol. The van der Waals surface area contributed by atoms with Crippen LogP contribution in [-0.2, 0) is 30.9 Å². The standard InChI is InChI=1S/C33H33F2N3O6S/c1-43-21-5-20-36-33(40)32(25-6-3-2-4-7-25)38(22-24-8-10-26(34)11-9-24)31(39)23-44-29-16-18-30(19-17-29)45(41,42)37-28-14-12-27(35)13-15-28/h2-4,6-19,32,37H,5,20-23H2,1H3,(H,36,40). The molecule has 0 radical (unpaired) electrons. The maximum atomic E-state index is 13.7. The second kappa shape index (κ2) is 15.8. The first-order valence-electron chi connectivity index (χ1n) is 14.0. The third kappa shape index (κ3) is 9.59. The number of benzene rings is 4. The van der Waals surface area contributed by atoms with Crippen LogP contribution in [0.15, 0.2) is 108 Å². The Morgan fingerprint density at radius 3 is 2.09 bits per heavy atom. The Morgan fingerprint density at radius 2 is 1.47 bits per heavy atom. The van der Waals surface area contributed by atoms with E-state index in [1.807, 2.05) is 0 Å². The van der Waals surface area contributed by atoms with E-state index in [0.29, 0.717) is 30.7 Å². The zero-order chi connectivity index (χ0) is 32.2. The largest absolute Gasteiger partial charge is 0.484 e. The molecule has 9 nitrogen and oxygen atoms in total. The van der Waals surface area contributed by atoms with Gasteiger partial charge in [-0.05, 0) is 78.2 Å². The van der Waals surface area contributed by atoms with Crippen LogP contribution in [-0.4, -0.2) is 52.0 Å². The Kier molecular flexibility index (Phi) is 11.6. The predicted octanol–water partition coefficient (Wildman–Crippen LogP) is 5.07. The summed E-state index contributed by atoms with van der Waals surface area (Å²) < 4.78 is 65.5. The van der Waals surface area contributed by atoms with Crippen molar-refractivity contribution in [2.24, 2.45) is 0 Å². The fourth-order valence-electron chi connectivity index (χ4n) is 4.42. The van der Waals surface area contributed by atoms with Crippen LogP contribution in [0.2, 0.25) is 0 Å². The van der Waals surface area contributed by atoms with Crippen LogP contribution in [0.5, 0.6) is 5.75 Å². The summed E-state index contributed by atoms with van der Waals surface area (Å²) in [6.07, 6.45) is 0.573. The van der Waals surface area contributed by atoms with Gasteiger partial charge in [0.1, 0.15) is 23.4 Å². The molecule has 2 N–H and O–H groups in total. The molecule has 0 heterocycles. The molecule has 0 saturated carbocycles. The maximum absolute atomic E-state index is 13.7. The van der Waals surface area contributed by atoms with Crippen molar-refractivity contribution in [1.29, 1.82) is 0 Å². The van der Waals surface area contributed by atoms with Crippen molar-refractivity contribution in [2.75, 3.05) is 31.6 Å². The lowest BCUT2D eigenvalue weighted by molar-refractivity contribution is -0.143. The first kappa shape index (κ1) is 33.1. The van der Waals surface area contributed by atoms with Gasteiger partial charge >= 0.3 is 0 Å². The topological polar surface area (TPSA) is 114 Å². The average molecular weight is 638 g/mol. The summed E-state index contributed by atoms with van der Waals surface area (Å²) in [5.41, 5.74) is 1.36. The number of hydrogen-bond donors (Lipinski definition) is 2. The van der Waals surface area contributed by atoms with Crippen LogP contribution in [0.25, 0.3) is 0 Å². The summed E-state index contributed by atoms with van der Waals surface area (Å²) >= 11 is 0. The molecule has 0 aliphatic heterocycles. The van der Waals surface area contributed by atoms with Gasteiger partial charge in [0.25, 0.3) is 15.9 Å². The van der Waals surface area contributed by atoms with Gasteiger partial charge < -0.3 is 19.7 Å². The summed E-state index contributed by atoms with van der Waals surface area (Å²) in [5, 5.41) is 2.87. The number of anilines is 1. The molecule has 12 heteroatoms. The van der Waals surface area contributed by atoms with Gasteiger partial charge in [0.2, 0.25) is 5.91 Å². The Bertz CT molecular complexity index is 1650. The van der Waals surface area contributed by atoms with Crippen LogP contribution < -0.4 is 14.8 Å². The molecule has 0 bridgehead atoms. The van der Waals surface area contributed by atoms with Crippen molar-refractivity contribution >= 4 is 27.5 Å². The molecule has 0 spiro atoms. The minimum absolute atomic E-state index is 0.0141. The monoisotopic (exact) mass is 637 g/mol. The highest BCUT2D eigenvalue weighted by molar-refractivity contribution is 7.92. The lowest BCUT2D eigenvalue weighted by Crippen LogP contribution is -2.45. The molecule has 4 aromatic rings. The highest BCUT2D eigenvalue weighted by Gasteiger charge is 2.31. The van der Waals surface area contributed by atoms with Gasteiger partial charge in [-0.1, -0.05) is 42.5 Å². The van der Waals surface area contributed by atoms with Crippen molar-refractivity contribution in [3.8, 4) is 5.75 Å². The molecule has 0 aromatic heterocycles. The highest BCUT2D eigenvalue weighted by Crippen LogP contribution is 2.25. The second-order valence-corrected chi connectivity index (χ2v) is 11.7. The molecule has 2 amide bonds. The van der Waals surface area contributed by atoms with Crippen LogP contribution in [0, 0.1) is 11.6 Å². The molecular weight excluding hydrogens is 604 g/mol. The lowest BCUT2D eigenvalue weighted by atomic mass is 10.0. The van der Waals surface area contributed by atoms with Crippen molar-refractivity contribution < 1.29 is 36.3 Å². The molecule has 4 rings (SSSR count). The lowest BCUT2D eigenvalue weighted by Gasteiger charge is -2.31. The Labute approximate surface area is 260 Å². The number of halogens is 2. The first-order valence-corrected chi connectivity index (χ1v) is 15.5. The van der Waals surface area contributed by atoms with E-state index in [-0.39, 0.29) is 22.9 Å². The molecule has 0 saturated heterocycles. The molecule has 4 aromatic carbocycles. The van der Waals surface area contributed by atoms with Gasteiger partial charge in [-0.3, -0.25) is 14.3 Å². The number of sulfonamides is 1. The first-order chi connectivity index (χ1) is 21.7. The van der Waals surface area contributed by atoms with E-state index in [0.717, 1.165) is 12.1 Å². The van der Waals surface area contributed by atoms with Gasteiger partial charge in [-0.2, -0.15) is 0 Å². The van der Waals surface area contributed by atoms with Crippen molar-refractivity contribution in [2.45, 2.75) is 23.9 Å². The van der Waals surface area contributed by atoms with E-state index < -0.39 is 46.1 Å². The smallest absolute Gasteiger partial charge is 0.261 e. The van der Waals surface area contributed by atoms with E-state index in [9.17, 15) is 26.8 Å². The molecule has 1 atom stereocenters. The van der Waals surface area contributed by atoms with Gasteiger partial charge in [0, 0.05) is 32.5 Å². The SMILES string of the molecule is COCCCNC(=O)C(c1ccccc1)N(Cc1ccc(F)cc1)C(=O)COc1ccc(S(=O)(=O)Nc2ccc(F)cc2)cc1. The fraction of sp³-hybridized carbons (Fsp3) is 0.212. The number of methoxy groups -OCH3 is 1. The normalized spacial score (nSPS) is 11.8.